The van der Waals surface area contributed by atoms with Crippen LogP contribution >= 0.6 is 11.6 Å². The Morgan fingerprint density at radius 1 is 1.36 bits per heavy atom. The van der Waals surface area contributed by atoms with E-state index in [-0.39, 0.29) is 23.6 Å². The van der Waals surface area contributed by atoms with Gasteiger partial charge in [-0.1, -0.05) is 23.7 Å². The highest BCUT2D eigenvalue weighted by molar-refractivity contribution is 6.30. The molecule has 0 spiro atoms. The van der Waals surface area contributed by atoms with E-state index in [0.29, 0.717) is 11.4 Å². The first-order valence-electron chi connectivity index (χ1n) is 8.25. The van der Waals surface area contributed by atoms with E-state index >= 15 is 0 Å². The van der Waals surface area contributed by atoms with Gasteiger partial charge >= 0.3 is 0 Å². The molecule has 1 heterocycles. The molecule has 1 aliphatic rings. The molecule has 1 unspecified atom stereocenters. The second kappa shape index (κ2) is 7.12. The average Bonchev–Trinajstić information content (AvgIpc) is 3.30. The minimum absolute atomic E-state index is 0.00708. The maximum absolute atomic E-state index is 13.2. The number of rotatable bonds is 6. The fourth-order valence-electron chi connectivity index (χ4n) is 3.11. The highest BCUT2D eigenvalue weighted by atomic mass is 35.5. The number of carbonyl (C=O) groups excluding carboxylic acids is 1. The Hall–Kier alpha value is -1.95. The zero-order valence-corrected chi connectivity index (χ0v) is 14.9. The van der Waals surface area contributed by atoms with Gasteiger partial charge in [-0.3, -0.25) is 9.48 Å². The van der Waals surface area contributed by atoms with Crippen LogP contribution in [0.25, 0.3) is 0 Å². The van der Waals surface area contributed by atoms with E-state index in [1.54, 1.807) is 11.9 Å². The predicted octanol–water partition coefficient (Wildman–Crippen LogP) is 4.25. The van der Waals surface area contributed by atoms with Crippen LogP contribution in [0.1, 0.15) is 47.8 Å². The third kappa shape index (κ3) is 4.00. The van der Waals surface area contributed by atoms with Crippen molar-refractivity contribution in [1.82, 2.24) is 14.7 Å². The fourth-order valence-corrected chi connectivity index (χ4v) is 3.24. The number of carbonyl (C=O) groups is 1. The number of hydrogen-bond donors (Lipinski definition) is 0. The molecule has 1 aromatic heterocycles. The summed E-state index contributed by atoms with van der Waals surface area (Å²) in [6, 6.07) is 7.46. The van der Waals surface area contributed by atoms with E-state index in [1.165, 1.54) is 10.9 Å². The molecule has 1 aliphatic carbocycles. The van der Waals surface area contributed by atoms with Gasteiger partial charge in [0.1, 0.15) is 5.69 Å². The molecule has 2 aromatic rings. The lowest BCUT2D eigenvalue weighted by Gasteiger charge is -2.29. The summed E-state index contributed by atoms with van der Waals surface area (Å²) >= 11 is 5.91. The van der Waals surface area contributed by atoms with Crippen molar-refractivity contribution in [2.24, 2.45) is 7.05 Å². The second-order valence-electron chi connectivity index (χ2n) is 6.53. The number of benzene rings is 1. The van der Waals surface area contributed by atoms with E-state index < -0.39 is 12.1 Å². The molecule has 1 aromatic carbocycles. The second-order valence-corrected chi connectivity index (χ2v) is 6.96. The van der Waals surface area contributed by atoms with Gasteiger partial charge in [-0.25, -0.2) is 8.78 Å². The standard InChI is InChI=1S/C18H20ClF2N3O/c1-11(9-12-3-5-13(19)6-4-12)24(14-7-8-14)18(25)15-10-23(2)22-16(15)17(20)21/h3-6,10-11,14,17H,7-9H2,1-2H3. The lowest BCUT2D eigenvalue weighted by molar-refractivity contribution is 0.0663. The molecule has 0 radical (unpaired) electrons. The van der Waals surface area contributed by atoms with E-state index in [2.05, 4.69) is 5.10 Å². The number of nitrogens with zero attached hydrogens (tertiary/aromatic N) is 3. The third-order valence-electron chi connectivity index (χ3n) is 4.39. The number of halogens is 3. The minimum atomic E-state index is -2.77. The zero-order chi connectivity index (χ0) is 18.1. The van der Waals surface area contributed by atoms with E-state index in [0.717, 1.165) is 18.4 Å². The number of amides is 1. The van der Waals surface area contributed by atoms with Crippen LogP contribution in [-0.4, -0.2) is 32.7 Å². The van der Waals surface area contributed by atoms with Crippen molar-refractivity contribution in [2.75, 3.05) is 0 Å². The molecule has 0 saturated heterocycles. The van der Waals surface area contributed by atoms with Gasteiger partial charge in [-0.05, 0) is 43.9 Å². The summed E-state index contributed by atoms with van der Waals surface area (Å²) in [7, 11) is 1.54. The quantitative estimate of drug-likeness (QED) is 0.765. The van der Waals surface area contributed by atoms with Crippen molar-refractivity contribution in [3.8, 4) is 0 Å². The molecular formula is C18H20ClF2N3O. The smallest absolute Gasteiger partial charge is 0.282 e. The molecule has 1 fully saturated rings. The third-order valence-corrected chi connectivity index (χ3v) is 4.64. The topological polar surface area (TPSA) is 38.1 Å². The van der Waals surface area contributed by atoms with Crippen molar-refractivity contribution in [3.05, 3.63) is 52.3 Å². The van der Waals surface area contributed by atoms with Crippen molar-refractivity contribution < 1.29 is 13.6 Å². The predicted molar refractivity (Wildman–Crippen MR) is 92.0 cm³/mol. The molecule has 0 N–H and O–H groups in total. The molecule has 1 atom stereocenters. The van der Waals surface area contributed by atoms with Crippen LogP contribution in [0.4, 0.5) is 8.78 Å². The van der Waals surface area contributed by atoms with Crippen LogP contribution in [0.5, 0.6) is 0 Å². The first-order chi connectivity index (χ1) is 11.9. The zero-order valence-electron chi connectivity index (χ0n) is 14.1. The molecular weight excluding hydrogens is 348 g/mol. The number of aryl methyl sites for hydroxylation is 1. The Morgan fingerprint density at radius 3 is 2.56 bits per heavy atom. The van der Waals surface area contributed by atoms with Crippen molar-refractivity contribution in [3.63, 3.8) is 0 Å². The summed E-state index contributed by atoms with van der Waals surface area (Å²) in [5.41, 5.74) is 0.597. The van der Waals surface area contributed by atoms with Crippen LogP contribution in [0.2, 0.25) is 5.02 Å². The van der Waals surface area contributed by atoms with Crippen molar-refractivity contribution in [1.29, 1.82) is 0 Å². The Bertz CT molecular complexity index is 756. The molecule has 3 rings (SSSR count). The van der Waals surface area contributed by atoms with Gasteiger partial charge in [0.25, 0.3) is 12.3 Å². The molecule has 134 valence electrons. The monoisotopic (exact) mass is 367 g/mol. The van der Waals surface area contributed by atoms with Gasteiger partial charge in [0, 0.05) is 30.4 Å². The number of alkyl halides is 2. The van der Waals surface area contributed by atoms with Gasteiger partial charge in [-0.15, -0.1) is 0 Å². The van der Waals surface area contributed by atoms with Gasteiger partial charge in [0.05, 0.1) is 5.56 Å². The number of aromatic nitrogens is 2. The summed E-state index contributed by atoms with van der Waals surface area (Å²) in [5.74, 6) is -0.368. The van der Waals surface area contributed by atoms with E-state index in [4.69, 9.17) is 11.6 Å². The van der Waals surface area contributed by atoms with Crippen molar-refractivity contribution >= 4 is 17.5 Å². The van der Waals surface area contributed by atoms with E-state index in [9.17, 15) is 13.6 Å². The summed E-state index contributed by atoms with van der Waals surface area (Å²) in [5, 5.41) is 4.41. The van der Waals surface area contributed by atoms with Crippen LogP contribution in [0.3, 0.4) is 0 Å². The summed E-state index contributed by atoms with van der Waals surface area (Å²) < 4.78 is 27.7. The molecule has 1 amide bonds. The Labute approximate surface area is 150 Å². The maximum Gasteiger partial charge on any atom is 0.282 e. The molecule has 1 saturated carbocycles. The molecule has 4 nitrogen and oxygen atoms in total. The first-order valence-corrected chi connectivity index (χ1v) is 8.63. The Kier molecular flexibility index (Phi) is 5.08. The summed E-state index contributed by atoms with van der Waals surface area (Å²) in [6.45, 7) is 1.95. The molecule has 0 bridgehead atoms. The summed E-state index contributed by atoms with van der Waals surface area (Å²) in [6.07, 6.45) is 1.06. The van der Waals surface area contributed by atoms with E-state index in [1.807, 2.05) is 31.2 Å². The SMILES string of the molecule is CC(Cc1ccc(Cl)cc1)N(C(=O)c1cn(C)nc1C(F)F)C1CC1. The Balaban J connectivity index is 1.83. The summed E-state index contributed by atoms with van der Waals surface area (Å²) in [4.78, 5) is 14.7. The average molecular weight is 368 g/mol. The first kappa shape index (κ1) is 17.9. The lowest BCUT2D eigenvalue weighted by atomic mass is 10.0. The number of hydrogen-bond acceptors (Lipinski definition) is 2. The normalized spacial score (nSPS) is 15.4. The molecule has 7 heteroatoms. The largest absolute Gasteiger partial charge is 0.333 e. The van der Waals surface area contributed by atoms with Crippen LogP contribution < -0.4 is 0 Å². The van der Waals surface area contributed by atoms with Crippen LogP contribution in [0, 0.1) is 0 Å². The van der Waals surface area contributed by atoms with Gasteiger partial charge in [-0.2, -0.15) is 5.10 Å². The molecule has 25 heavy (non-hydrogen) atoms. The van der Waals surface area contributed by atoms with Crippen LogP contribution in [-0.2, 0) is 13.5 Å². The highest BCUT2D eigenvalue weighted by Gasteiger charge is 2.38. The highest BCUT2D eigenvalue weighted by Crippen LogP contribution is 2.33. The van der Waals surface area contributed by atoms with Gasteiger partial charge in [0.2, 0.25) is 0 Å². The lowest BCUT2D eigenvalue weighted by Crippen LogP contribution is -2.41. The molecule has 0 aliphatic heterocycles. The maximum atomic E-state index is 13.2. The van der Waals surface area contributed by atoms with Crippen LogP contribution in [0.15, 0.2) is 30.5 Å². The van der Waals surface area contributed by atoms with Gasteiger partial charge in [0.15, 0.2) is 0 Å². The fraction of sp³-hybridized carbons (Fsp3) is 0.444. The minimum Gasteiger partial charge on any atom is -0.333 e. The van der Waals surface area contributed by atoms with Gasteiger partial charge < -0.3 is 4.90 Å². The van der Waals surface area contributed by atoms with Crippen molar-refractivity contribution in [2.45, 2.75) is 44.7 Å². The Morgan fingerprint density at radius 2 is 2.00 bits per heavy atom.